The Morgan fingerprint density at radius 3 is 2.23 bits per heavy atom. The lowest BCUT2D eigenvalue weighted by atomic mass is 10.0. The van der Waals surface area contributed by atoms with Crippen LogP contribution in [0.2, 0.25) is 0 Å². The van der Waals surface area contributed by atoms with Crippen molar-refractivity contribution in [3.05, 3.63) is 42.5 Å². The number of halogens is 3. The summed E-state index contributed by atoms with van der Waals surface area (Å²) in [4.78, 5) is 11.1. The van der Waals surface area contributed by atoms with Gasteiger partial charge in [0, 0.05) is 31.7 Å². The van der Waals surface area contributed by atoms with E-state index in [9.17, 15) is 23.4 Å². The molecule has 0 aliphatic carbocycles. The van der Waals surface area contributed by atoms with Crippen LogP contribution in [-0.4, -0.2) is 63.8 Å². The van der Waals surface area contributed by atoms with Gasteiger partial charge in [-0.15, -0.1) is 10.2 Å². The van der Waals surface area contributed by atoms with Crippen LogP contribution in [-0.2, 0) is 4.79 Å². The van der Waals surface area contributed by atoms with Crippen LogP contribution in [0.15, 0.2) is 42.5 Å². The summed E-state index contributed by atoms with van der Waals surface area (Å²) in [6, 6.07) is 12.4. The number of fused-ring (bicyclic) bond motifs is 1. The second kappa shape index (κ2) is 9.04. The molecule has 0 amide bonds. The first-order chi connectivity index (χ1) is 14.6. The normalized spacial score (nSPS) is 14.1. The lowest BCUT2D eigenvalue weighted by molar-refractivity contribution is -0.192. The predicted octanol–water partition coefficient (Wildman–Crippen LogP) is 2.75. The molecular formula is C20H19F3N4O4. The van der Waals surface area contributed by atoms with Gasteiger partial charge in [-0.1, -0.05) is 6.07 Å². The van der Waals surface area contributed by atoms with E-state index in [1.807, 2.05) is 24.3 Å². The van der Waals surface area contributed by atoms with Crippen molar-refractivity contribution in [2.75, 3.05) is 31.1 Å². The third-order valence-corrected chi connectivity index (χ3v) is 4.55. The van der Waals surface area contributed by atoms with Crippen molar-refractivity contribution in [1.82, 2.24) is 15.5 Å². The Kier molecular flexibility index (Phi) is 6.44. The monoisotopic (exact) mass is 436 g/mol. The molecule has 0 spiro atoms. The van der Waals surface area contributed by atoms with Gasteiger partial charge in [-0.3, -0.25) is 0 Å². The summed E-state index contributed by atoms with van der Waals surface area (Å²) in [5.74, 6) is -1.61. The van der Waals surface area contributed by atoms with Gasteiger partial charge in [-0.2, -0.15) is 13.2 Å². The summed E-state index contributed by atoms with van der Waals surface area (Å²) in [7, 11) is 0. The van der Waals surface area contributed by atoms with E-state index in [0.29, 0.717) is 11.3 Å². The topological polar surface area (TPSA) is 119 Å². The molecule has 2 aromatic carbocycles. The number of aromatic hydroxyl groups is 2. The van der Waals surface area contributed by atoms with Crippen molar-refractivity contribution in [2.24, 2.45) is 0 Å². The SMILES string of the molecule is O=C(O)C(F)(F)F.Oc1ccc2cc(-c3ccc(N4CCNCC4)nn3)c(O)cc2c1. The molecular weight excluding hydrogens is 417 g/mol. The molecule has 0 saturated carbocycles. The van der Waals surface area contributed by atoms with Crippen LogP contribution in [0, 0.1) is 0 Å². The van der Waals surface area contributed by atoms with Gasteiger partial charge in [0.15, 0.2) is 5.82 Å². The Labute approximate surface area is 174 Å². The van der Waals surface area contributed by atoms with E-state index in [-0.39, 0.29) is 11.5 Å². The molecule has 164 valence electrons. The minimum absolute atomic E-state index is 0.123. The van der Waals surface area contributed by atoms with Crippen molar-refractivity contribution in [2.45, 2.75) is 6.18 Å². The lowest BCUT2D eigenvalue weighted by Gasteiger charge is -2.27. The number of anilines is 1. The van der Waals surface area contributed by atoms with E-state index in [4.69, 9.17) is 9.90 Å². The number of nitrogens with one attached hydrogen (secondary N) is 1. The van der Waals surface area contributed by atoms with E-state index in [0.717, 1.165) is 42.8 Å². The van der Waals surface area contributed by atoms with Crippen molar-refractivity contribution in [3.8, 4) is 22.8 Å². The smallest absolute Gasteiger partial charge is 0.490 e. The first-order valence-electron chi connectivity index (χ1n) is 9.21. The molecule has 1 fully saturated rings. The Bertz CT molecular complexity index is 1070. The number of carboxylic acids is 1. The molecule has 1 saturated heterocycles. The van der Waals surface area contributed by atoms with E-state index >= 15 is 0 Å². The van der Waals surface area contributed by atoms with Gasteiger partial charge in [0.2, 0.25) is 0 Å². The number of rotatable bonds is 2. The van der Waals surface area contributed by atoms with E-state index < -0.39 is 12.1 Å². The molecule has 1 aliphatic heterocycles. The number of aromatic nitrogens is 2. The van der Waals surface area contributed by atoms with Crippen LogP contribution in [0.5, 0.6) is 11.5 Å². The fraction of sp³-hybridized carbons (Fsp3) is 0.250. The van der Waals surface area contributed by atoms with Crippen molar-refractivity contribution < 1.29 is 33.3 Å². The molecule has 11 heteroatoms. The number of nitrogens with zero attached hydrogens (tertiary/aromatic N) is 3. The third-order valence-electron chi connectivity index (χ3n) is 4.55. The molecule has 8 nitrogen and oxygen atoms in total. The number of hydrogen-bond donors (Lipinski definition) is 4. The lowest BCUT2D eigenvalue weighted by Crippen LogP contribution is -2.43. The van der Waals surface area contributed by atoms with Crippen molar-refractivity contribution >= 4 is 22.6 Å². The summed E-state index contributed by atoms with van der Waals surface area (Å²) in [5.41, 5.74) is 1.26. The zero-order chi connectivity index (χ0) is 22.6. The largest absolute Gasteiger partial charge is 0.508 e. The maximum absolute atomic E-state index is 10.6. The highest BCUT2D eigenvalue weighted by Crippen LogP contribution is 2.33. The highest BCUT2D eigenvalue weighted by atomic mass is 19.4. The highest BCUT2D eigenvalue weighted by Gasteiger charge is 2.38. The summed E-state index contributed by atoms with van der Waals surface area (Å²) in [6.07, 6.45) is -5.08. The van der Waals surface area contributed by atoms with Gasteiger partial charge in [0.05, 0.1) is 5.69 Å². The third kappa shape index (κ3) is 5.51. The summed E-state index contributed by atoms with van der Waals surface area (Å²) in [5, 5.41) is 40.6. The maximum Gasteiger partial charge on any atom is 0.490 e. The number of hydrogen-bond acceptors (Lipinski definition) is 7. The van der Waals surface area contributed by atoms with Crippen LogP contribution < -0.4 is 10.2 Å². The molecule has 1 aromatic heterocycles. The van der Waals surface area contributed by atoms with Crippen LogP contribution in [0.1, 0.15) is 0 Å². The van der Waals surface area contributed by atoms with Gasteiger partial charge in [-0.05, 0) is 47.2 Å². The summed E-state index contributed by atoms with van der Waals surface area (Å²) in [6.45, 7) is 3.72. The molecule has 3 aromatic rings. The number of carboxylic acid groups (broad SMARTS) is 1. The molecule has 0 radical (unpaired) electrons. The van der Waals surface area contributed by atoms with E-state index in [1.54, 1.807) is 18.2 Å². The number of phenols is 2. The standard InChI is InChI=1S/C18H18N4O2.C2HF3O2/c23-14-2-1-12-10-15(17(24)11-13(12)9-14)16-3-4-18(21-20-16)22-7-5-19-6-8-22;3-2(4,5)1(6)7/h1-4,9-11,19,23-24H,5-8H2;(H,6,7). The zero-order valence-electron chi connectivity index (χ0n) is 16.1. The van der Waals surface area contributed by atoms with Crippen LogP contribution in [0.3, 0.4) is 0 Å². The van der Waals surface area contributed by atoms with Gasteiger partial charge < -0.3 is 25.5 Å². The number of aliphatic carboxylic acids is 1. The number of phenolic OH excluding ortho intramolecular Hbond substituents is 2. The van der Waals surface area contributed by atoms with Crippen LogP contribution in [0.25, 0.3) is 22.0 Å². The Morgan fingerprint density at radius 2 is 1.65 bits per heavy atom. The van der Waals surface area contributed by atoms with Crippen LogP contribution >= 0.6 is 0 Å². The maximum atomic E-state index is 10.6. The number of benzene rings is 2. The minimum Gasteiger partial charge on any atom is -0.508 e. The first-order valence-corrected chi connectivity index (χ1v) is 9.21. The molecule has 4 N–H and O–H groups in total. The molecule has 0 bridgehead atoms. The van der Waals surface area contributed by atoms with Gasteiger partial charge >= 0.3 is 12.1 Å². The van der Waals surface area contributed by atoms with E-state index in [1.165, 1.54) is 0 Å². The molecule has 0 unspecified atom stereocenters. The molecule has 1 aliphatic rings. The van der Waals surface area contributed by atoms with Crippen molar-refractivity contribution in [3.63, 3.8) is 0 Å². The highest BCUT2D eigenvalue weighted by molar-refractivity contribution is 5.90. The quantitative estimate of drug-likeness (QED) is 0.484. The Hall–Kier alpha value is -3.60. The number of piperazine rings is 1. The fourth-order valence-electron chi connectivity index (χ4n) is 3.01. The predicted molar refractivity (Wildman–Crippen MR) is 107 cm³/mol. The average Bonchev–Trinajstić information content (AvgIpc) is 2.74. The minimum atomic E-state index is -5.08. The molecule has 4 rings (SSSR count). The Morgan fingerprint density at radius 1 is 0.968 bits per heavy atom. The van der Waals surface area contributed by atoms with Crippen molar-refractivity contribution in [1.29, 1.82) is 0 Å². The summed E-state index contributed by atoms with van der Waals surface area (Å²) >= 11 is 0. The van der Waals surface area contributed by atoms with E-state index in [2.05, 4.69) is 20.4 Å². The number of alkyl halides is 3. The molecule has 31 heavy (non-hydrogen) atoms. The average molecular weight is 436 g/mol. The molecule has 2 heterocycles. The second-order valence-corrected chi connectivity index (χ2v) is 6.72. The second-order valence-electron chi connectivity index (χ2n) is 6.72. The fourth-order valence-corrected chi connectivity index (χ4v) is 3.01. The first kappa shape index (κ1) is 22.1. The summed E-state index contributed by atoms with van der Waals surface area (Å²) < 4.78 is 31.7. The van der Waals surface area contributed by atoms with Crippen LogP contribution in [0.4, 0.5) is 19.0 Å². The number of carbonyl (C=O) groups is 1. The Balaban J connectivity index is 0.000000339. The zero-order valence-corrected chi connectivity index (χ0v) is 16.1. The van der Waals surface area contributed by atoms with Gasteiger partial charge in [0.25, 0.3) is 0 Å². The van der Waals surface area contributed by atoms with Gasteiger partial charge in [-0.25, -0.2) is 4.79 Å². The van der Waals surface area contributed by atoms with Gasteiger partial charge in [0.1, 0.15) is 11.5 Å². The molecule has 0 atom stereocenters.